The Bertz CT molecular complexity index is 664. The van der Waals surface area contributed by atoms with Crippen LogP contribution in [-0.2, 0) is 3.83 Å². The standard InChI is InChI=1S/C19H21NO2Se/c21-19(15-7-3-1-4-8-15)20-16-11-13-18(14-12-16)23(22)17-9-5-2-6-10-17/h1-10,16,18H,11-14H2,(H,20,21). The van der Waals surface area contributed by atoms with Gasteiger partial charge in [0.25, 0.3) is 0 Å². The molecule has 1 saturated carbocycles. The molecule has 1 N–H and O–H groups in total. The summed E-state index contributed by atoms with van der Waals surface area (Å²) in [5, 5.41) is 3.11. The van der Waals surface area contributed by atoms with Crippen molar-refractivity contribution in [3.05, 3.63) is 66.2 Å². The third kappa shape index (κ3) is 4.15. The van der Waals surface area contributed by atoms with Gasteiger partial charge in [0, 0.05) is 0 Å². The van der Waals surface area contributed by atoms with E-state index in [1.54, 1.807) is 0 Å². The van der Waals surface area contributed by atoms with Crippen molar-refractivity contribution in [2.24, 2.45) is 0 Å². The van der Waals surface area contributed by atoms with E-state index < -0.39 is 13.8 Å². The van der Waals surface area contributed by atoms with E-state index in [2.05, 4.69) is 5.32 Å². The van der Waals surface area contributed by atoms with Crippen LogP contribution in [0.25, 0.3) is 0 Å². The van der Waals surface area contributed by atoms with Gasteiger partial charge in [0.2, 0.25) is 0 Å². The summed E-state index contributed by atoms with van der Waals surface area (Å²) in [7, 11) is 0. The number of benzene rings is 2. The predicted octanol–water partition coefficient (Wildman–Crippen LogP) is 3.06. The monoisotopic (exact) mass is 375 g/mol. The molecule has 23 heavy (non-hydrogen) atoms. The average Bonchev–Trinajstić information content (AvgIpc) is 2.63. The first-order chi connectivity index (χ1) is 11.2. The van der Waals surface area contributed by atoms with E-state index in [1.807, 2.05) is 60.7 Å². The van der Waals surface area contributed by atoms with Gasteiger partial charge in [-0.3, -0.25) is 0 Å². The van der Waals surface area contributed by atoms with Crippen LogP contribution < -0.4 is 9.78 Å². The second-order valence-electron chi connectivity index (χ2n) is 5.92. The maximum atomic E-state index is 12.7. The van der Waals surface area contributed by atoms with E-state index in [0.717, 1.165) is 30.1 Å². The van der Waals surface area contributed by atoms with Crippen molar-refractivity contribution in [3.8, 4) is 0 Å². The van der Waals surface area contributed by atoms with Gasteiger partial charge in [0.1, 0.15) is 0 Å². The number of nitrogens with one attached hydrogen (secondary N) is 1. The molecule has 3 nitrogen and oxygen atoms in total. The Morgan fingerprint density at radius 2 is 1.43 bits per heavy atom. The summed E-state index contributed by atoms with van der Waals surface area (Å²) in [6, 6.07) is 19.3. The molecule has 3 rings (SSSR count). The summed E-state index contributed by atoms with van der Waals surface area (Å²) in [6.07, 6.45) is 3.70. The van der Waals surface area contributed by atoms with E-state index >= 15 is 0 Å². The van der Waals surface area contributed by atoms with Crippen LogP contribution in [0.1, 0.15) is 36.0 Å². The predicted molar refractivity (Wildman–Crippen MR) is 92.4 cm³/mol. The molecule has 1 amide bonds. The zero-order chi connectivity index (χ0) is 16.1. The van der Waals surface area contributed by atoms with Crippen molar-refractivity contribution in [1.82, 2.24) is 5.32 Å². The Kier molecular flexibility index (Phi) is 5.37. The summed E-state index contributed by atoms with van der Waals surface area (Å²) < 4.78 is 13.7. The Morgan fingerprint density at radius 3 is 2.04 bits per heavy atom. The number of carbonyl (C=O) groups excluding carboxylic acids is 1. The minimum absolute atomic E-state index is 0.00759. The Balaban J connectivity index is 1.53. The third-order valence-electron chi connectivity index (χ3n) is 4.32. The molecule has 0 bridgehead atoms. The normalized spacial score (nSPS) is 22.3. The molecule has 1 atom stereocenters. The number of rotatable bonds is 4. The van der Waals surface area contributed by atoms with Crippen molar-refractivity contribution < 1.29 is 8.63 Å². The molecule has 4 heteroatoms. The summed E-state index contributed by atoms with van der Waals surface area (Å²) in [6.45, 7) is 0. The zero-order valence-electron chi connectivity index (χ0n) is 13.0. The van der Waals surface area contributed by atoms with Gasteiger partial charge in [0.05, 0.1) is 0 Å². The first-order valence-electron chi connectivity index (χ1n) is 8.05. The Labute approximate surface area is 141 Å². The number of hydrogen-bond donors (Lipinski definition) is 1. The number of hydrogen-bond acceptors (Lipinski definition) is 2. The molecule has 0 radical (unpaired) electrons. The van der Waals surface area contributed by atoms with E-state index in [9.17, 15) is 8.63 Å². The van der Waals surface area contributed by atoms with Crippen molar-refractivity contribution in [1.29, 1.82) is 0 Å². The topological polar surface area (TPSA) is 46.2 Å². The van der Waals surface area contributed by atoms with Gasteiger partial charge in [-0.1, -0.05) is 0 Å². The van der Waals surface area contributed by atoms with Crippen LogP contribution in [0.15, 0.2) is 60.7 Å². The number of carbonyl (C=O) groups is 1. The Morgan fingerprint density at radius 1 is 0.870 bits per heavy atom. The second kappa shape index (κ2) is 7.67. The molecular formula is C19H21NO2Se. The van der Waals surface area contributed by atoms with Crippen LogP contribution in [0.5, 0.6) is 0 Å². The molecule has 0 aromatic heterocycles. The summed E-state index contributed by atoms with van der Waals surface area (Å²) >= 11 is -1.98. The van der Waals surface area contributed by atoms with Gasteiger partial charge in [-0.15, -0.1) is 0 Å². The SMILES string of the molecule is O=C(NC1CCC([Se](=O)c2ccccc2)CC1)c1ccccc1. The molecule has 1 unspecified atom stereocenters. The Hall–Kier alpha value is -1.77. The van der Waals surface area contributed by atoms with Crippen LogP contribution in [-0.4, -0.2) is 25.8 Å². The van der Waals surface area contributed by atoms with Gasteiger partial charge in [-0.05, 0) is 0 Å². The van der Waals surface area contributed by atoms with Gasteiger partial charge in [-0.2, -0.15) is 0 Å². The van der Waals surface area contributed by atoms with Gasteiger partial charge in [0.15, 0.2) is 0 Å². The van der Waals surface area contributed by atoms with E-state index in [-0.39, 0.29) is 11.9 Å². The van der Waals surface area contributed by atoms with Crippen LogP contribution in [0.4, 0.5) is 0 Å². The molecule has 2 aromatic rings. The van der Waals surface area contributed by atoms with Crippen molar-refractivity contribution in [2.75, 3.05) is 0 Å². The first kappa shape index (κ1) is 16.1. The van der Waals surface area contributed by atoms with E-state index in [0.29, 0.717) is 10.4 Å². The molecule has 0 heterocycles. The molecule has 1 fully saturated rings. The van der Waals surface area contributed by atoms with Crippen LogP contribution in [0, 0.1) is 0 Å². The number of amides is 1. The van der Waals surface area contributed by atoms with Crippen molar-refractivity contribution >= 4 is 24.2 Å². The van der Waals surface area contributed by atoms with Crippen molar-refractivity contribution in [3.63, 3.8) is 0 Å². The van der Waals surface area contributed by atoms with Gasteiger partial charge in [-0.25, -0.2) is 0 Å². The fourth-order valence-electron chi connectivity index (χ4n) is 3.03. The molecule has 0 saturated heterocycles. The summed E-state index contributed by atoms with van der Waals surface area (Å²) in [5.74, 6) is -0.00759. The molecule has 0 aliphatic heterocycles. The molecule has 0 spiro atoms. The van der Waals surface area contributed by atoms with Gasteiger partial charge < -0.3 is 0 Å². The fraction of sp³-hybridized carbons (Fsp3) is 0.316. The third-order valence-corrected chi connectivity index (χ3v) is 8.13. The van der Waals surface area contributed by atoms with E-state index in [4.69, 9.17) is 0 Å². The van der Waals surface area contributed by atoms with Crippen molar-refractivity contribution in [2.45, 2.75) is 36.5 Å². The zero-order valence-corrected chi connectivity index (χ0v) is 14.7. The molecule has 120 valence electrons. The quantitative estimate of drug-likeness (QED) is 0.837. The maximum absolute atomic E-state index is 12.7. The summed E-state index contributed by atoms with van der Waals surface area (Å²) in [4.78, 5) is 12.5. The fourth-order valence-corrected chi connectivity index (χ4v) is 6.20. The average molecular weight is 374 g/mol. The molecule has 1 aliphatic carbocycles. The van der Waals surface area contributed by atoms with Crippen LogP contribution in [0.3, 0.4) is 0 Å². The molecule has 1 aliphatic rings. The van der Waals surface area contributed by atoms with Crippen LogP contribution >= 0.6 is 0 Å². The summed E-state index contributed by atoms with van der Waals surface area (Å²) in [5.41, 5.74) is 0.703. The molecular weight excluding hydrogens is 353 g/mol. The second-order valence-corrected chi connectivity index (χ2v) is 9.56. The minimum atomic E-state index is -1.98. The van der Waals surface area contributed by atoms with Gasteiger partial charge >= 0.3 is 141 Å². The molecule has 2 aromatic carbocycles. The first-order valence-corrected chi connectivity index (χ1v) is 10.6. The van der Waals surface area contributed by atoms with E-state index in [1.165, 1.54) is 0 Å². The van der Waals surface area contributed by atoms with Crippen LogP contribution in [0.2, 0.25) is 4.82 Å².